The Bertz CT molecular complexity index is 451. The molecule has 3 nitrogen and oxygen atoms in total. The van der Waals surface area contributed by atoms with Gasteiger partial charge in [0, 0.05) is 29.4 Å². The summed E-state index contributed by atoms with van der Waals surface area (Å²) < 4.78 is 0. The van der Waals surface area contributed by atoms with Gasteiger partial charge in [-0.15, -0.1) is 0 Å². The van der Waals surface area contributed by atoms with Gasteiger partial charge in [-0.3, -0.25) is 5.41 Å². The maximum atomic E-state index is 7.69. The van der Waals surface area contributed by atoms with Crippen LogP contribution >= 0.6 is 11.6 Å². The Kier molecular flexibility index (Phi) is 4.70. The molecule has 0 spiro atoms. The zero-order valence-corrected chi connectivity index (χ0v) is 12.2. The Morgan fingerprint density at radius 2 is 2.11 bits per heavy atom. The second-order valence-electron chi connectivity index (χ2n) is 5.29. The van der Waals surface area contributed by atoms with Crippen molar-refractivity contribution in [3.8, 4) is 0 Å². The lowest BCUT2D eigenvalue weighted by Gasteiger charge is -2.34. The van der Waals surface area contributed by atoms with E-state index in [0.717, 1.165) is 30.3 Å². The third-order valence-corrected chi connectivity index (χ3v) is 4.14. The third-order valence-electron chi connectivity index (χ3n) is 3.90. The maximum absolute atomic E-state index is 7.69. The van der Waals surface area contributed by atoms with E-state index >= 15 is 0 Å². The first-order valence-corrected chi connectivity index (χ1v) is 7.38. The topological polar surface area (TPSA) is 53.1 Å². The largest absolute Gasteiger partial charge is 0.384 e. The predicted octanol–water partition coefficient (Wildman–Crippen LogP) is 3.64. The molecular weight excluding hydrogens is 258 g/mol. The van der Waals surface area contributed by atoms with Gasteiger partial charge in [-0.05, 0) is 37.0 Å². The van der Waals surface area contributed by atoms with E-state index in [1.807, 2.05) is 12.1 Å². The van der Waals surface area contributed by atoms with E-state index in [0.29, 0.717) is 5.02 Å². The van der Waals surface area contributed by atoms with Crippen LogP contribution in [0.15, 0.2) is 18.2 Å². The summed E-state index contributed by atoms with van der Waals surface area (Å²) >= 11 is 5.99. The standard InChI is InChI=1S/C15H22ClN3/c1-2-3-11-6-8-19(9-7-11)14-5-4-12(16)10-13(14)15(17)18/h4-5,10-11H,2-3,6-9H2,1H3,(H3,17,18). The van der Waals surface area contributed by atoms with Gasteiger partial charge in [-0.25, -0.2) is 0 Å². The molecule has 0 saturated carbocycles. The molecule has 3 N–H and O–H groups in total. The molecule has 1 aromatic rings. The summed E-state index contributed by atoms with van der Waals surface area (Å²) in [4.78, 5) is 2.33. The molecule has 4 heteroatoms. The number of piperidine rings is 1. The first kappa shape index (κ1) is 14.2. The van der Waals surface area contributed by atoms with Gasteiger partial charge in [0.15, 0.2) is 0 Å². The molecule has 1 heterocycles. The van der Waals surface area contributed by atoms with Crippen LogP contribution in [0.25, 0.3) is 0 Å². The van der Waals surface area contributed by atoms with Gasteiger partial charge in [0.2, 0.25) is 0 Å². The number of rotatable bonds is 4. The number of amidine groups is 1. The van der Waals surface area contributed by atoms with Crippen LogP contribution in [0.5, 0.6) is 0 Å². The molecule has 19 heavy (non-hydrogen) atoms. The molecule has 0 aliphatic carbocycles. The number of hydrogen-bond acceptors (Lipinski definition) is 2. The highest BCUT2D eigenvalue weighted by Crippen LogP contribution is 2.29. The Hall–Kier alpha value is -1.22. The normalized spacial score (nSPS) is 16.6. The summed E-state index contributed by atoms with van der Waals surface area (Å²) in [6, 6.07) is 5.65. The molecular formula is C15H22ClN3. The number of nitrogens with zero attached hydrogens (tertiary/aromatic N) is 1. The first-order chi connectivity index (χ1) is 9.11. The van der Waals surface area contributed by atoms with Crippen LogP contribution in [0.3, 0.4) is 0 Å². The molecule has 0 amide bonds. The van der Waals surface area contributed by atoms with E-state index in [1.54, 1.807) is 6.07 Å². The van der Waals surface area contributed by atoms with Crippen LogP contribution in [-0.4, -0.2) is 18.9 Å². The summed E-state index contributed by atoms with van der Waals surface area (Å²) in [5, 5.41) is 8.32. The lowest BCUT2D eigenvalue weighted by molar-refractivity contribution is 0.378. The van der Waals surface area contributed by atoms with Crippen molar-refractivity contribution >= 4 is 23.1 Å². The van der Waals surface area contributed by atoms with Crippen LogP contribution in [0.4, 0.5) is 5.69 Å². The molecule has 1 fully saturated rings. The van der Waals surface area contributed by atoms with Crippen LogP contribution in [0.1, 0.15) is 38.2 Å². The Labute approximate surface area is 120 Å². The first-order valence-electron chi connectivity index (χ1n) is 7.00. The molecule has 0 bridgehead atoms. The fourth-order valence-corrected chi connectivity index (χ4v) is 3.04. The Morgan fingerprint density at radius 1 is 1.42 bits per heavy atom. The Morgan fingerprint density at radius 3 is 2.68 bits per heavy atom. The van der Waals surface area contributed by atoms with E-state index in [9.17, 15) is 0 Å². The lowest BCUT2D eigenvalue weighted by Crippen LogP contribution is -2.35. The summed E-state index contributed by atoms with van der Waals surface area (Å²) in [7, 11) is 0. The number of nitrogens with one attached hydrogen (secondary N) is 1. The Balaban J connectivity index is 2.13. The smallest absolute Gasteiger partial charge is 0.124 e. The maximum Gasteiger partial charge on any atom is 0.124 e. The number of nitrogens with two attached hydrogens (primary N) is 1. The monoisotopic (exact) mass is 279 g/mol. The number of halogens is 1. The fraction of sp³-hybridized carbons (Fsp3) is 0.533. The number of hydrogen-bond donors (Lipinski definition) is 2. The molecule has 0 unspecified atom stereocenters. The van der Waals surface area contributed by atoms with Gasteiger partial charge in [-0.1, -0.05) is 31.4 Å². The lowest BCUT2D eigenvalue weighted by atomic mass is 9.92. The summed E-state index contributed by atoms with van der Waals surface area (Å²) in [6.45, 7) is 4.35. The highest BCUT2D eigenvalue weighted by molar-refractivity contribution is 6.31. The average molecular weight is 280 g/mol. The zero-order valence-electron chi connectivity index (χ0n) is 11.5. The van der Waals surface area contributed by atoms with E-state index in [2.05, 4.69) is 11.8 Å². The number of benzene rings is 1. The predicted molar refractivity (Wildman–Crippen MR) is 82.3 cm³/mol. The highest BCUT2D eigenvalue weighted by atomic mass is 35.5. The van der Waals surface area contributed by atoms with E-state index in [-0.39, 0.29) is 5.84 Å². The van der Waals surface area contributed by atoms with Gasteiger partial charge in [0.05, 0.1) is 0 Å². The molecule has 1 aliphatic heterocycles. The van der Waals surface area contributed by atoms with Gasteiger partial charge >= 0.3 is 0 Å². The second kappa shape index (κ2) is 6.29. The van der Waals surface area contributed by atoms with Crippen LogP contribution in [-0.2, 0) is 0 Å². The fourth-order valence-electron chi connectivity index (χ4n) is 2.87. The molecule has 1 saturated heterocycles. The van der Waals surface area contributed by atoms with E-state index < -0.39 is 0 Å². The minimum absolute atomic E-state index is 0.0909. The van der Waals surface area contributed by atoms with Crippen molar-refractivity contribution in [2.45, 2.75) is 32.6 Å². The minimum Gasteiger partial charge on any atom is -0.384 e. The van der Waals surface area contributed by atoms with E-state index in [1.165, 1.54) is 25.7 Å². The van der Waals surface area contributed by atoms with Crippen LogP contribution in [0.2, 0.25) is 5.02 Å². The minimum atomic E-state index is 0.0909. The van der Waals surface area contributed by atoms with Gasteiger partial charge in [0.1, 0.15) is 5.84 Å². The molecule has 1 aliphatic rings. The highest BCUT2D eigenvalue weighted by Gasteiger charge is 2.21. The van der Waals surface area contributed by atoms with Crippen molar-refractivity contribution in [1.82, 2.24) is 0 Å². The third kappa shape index (κ3) is 3.41. The van der Waals surface area contributed by atoms with Crippen molar-refractivity contribution in [1.29, 1.82) is 5.41 Å². The van der Waals surface area contributed by atoms with Gasteiger partial charge in [0.25, 0.3) is 0 Å². The van der Waals surface area contributed by atoms with Crippen molar-refractivity contribution < 1.29 is 0 Å². The summed E-state index contributed by atoms with van der Waals surface area (Å²) in [5.74, 6) is 0.947. The van der Waals surface area contributed by atoms with Gasteiger partial charge < -0.3 is 10.6 Å². The molecule has 0 radical (unpaired) electrons. The zero-order chi connectivity index (χ0) is 13.8. The van der Waals surface area contributed by atoms with Crippen molar-refractivity contribution in [3.05, 3.63) is 28.8 Å². The molecule has 104 valence electrons. The van der Waals surface area contributed by atoms with Crippen molar-refractivity contribution in [3.63, 3.8) is 0 Å². The second-order valence-corrected chi connectivity index (χ2v) is 5.73. The molecule has 1 aromatic carbocycles. The van der Waals surface area contributed by atoms with Gasteiger partial charge in [-0.2, -0.15) is 0 Å². The van der Waals surface area contributed by atoms with E-state index in [4.69, 9.17) is 22.7 Å². The summed E-state index contributed by atoms with van der Waals surface area (Å²) in [6.07, 6.45) is 5.06. The van der Waals surface area contributed by atoms with Crippen molar-refractivity contribution in [2.24, 2.45) is 11.7 Å². The van der Waals surface area contributed by atoms with Crippen molar-refractivity contribution in [2.75, 3.05) is 18.0 Å². The molecule has 0 aromatic heterocycles. The molecule has 2 rings (SSSR count). The number of anilines is 1. The number of nitrogen functional groups attached to an aromatic ring is 1. The SMILES string of the molecule is CCCC1CCN(c2ccc(Cl)cc2C(=N)N)CC1. The van der Waals surface area contributed by atoms with Crippen LogP contribution < -0.4 is 10.6 Å². The molecule has 0 atom stereocenters. The summed E-state index contributed by atoms with van der Waals surface area (Å²) in [5.41, 5.74) is 7.46. The average Bonchev–Trinajstić information content (AvgIpc) is 2.40. The van der Waals surface area contributed by atoms with Crippen LogP contribution in [0, 0.1) is 11.3 Å². The quantitative estimate of drug-likeness (QED) is 0.653.